The predicted molar refractivity (Wildman–Crippen MR) is 64.3 cm³/mol. The number of carbonyl (C=O) groups is 1. The summed E-state index contributed by atoms with van der Waals surface area (Å²) in [6.07, 6.45) is 1.11. The molecule has 0 fully saturated rings. The largest absolute Gasteiger partial charge is 0.497 e. The summed E-state index contributed by atoms with van der Waals surface area (Å²) in [7, 11) is 1.56. The number of aromatic amines is 1. The molecule has 2 N–H and O–H groups in total. The molecule has 0 aliphatic carbocycles. The summed E-state index contributed by atoms with van der Waals surface area (Å²) in [6, 6.07) is 6.86. The van der Waals surface area contributed by atoms with Gasteiger partial charge >= 0.3 is 5.97 Å². The van der Waals surface area contributed by atoms with Crippen LogP contribution in [0.1, 0.15) is 5.56 Å². The second-order valence-electron chi connectivity index (χ2n) is 3.71. The molecule has 2 aromatic rings. The molecule has 18 heavy (non-hydrogen) atoms. The lowest BCUT2D eigenvalue weighted by Crippen LogP contribution is -2.19. The van der Waals surface area contributed by atoms with Crippen LogP contribution in [0.4, 0.5) is 0 Å². The quantitative estimate of drug-likeness (QED) is 0.838. The van der Waals surface area contributed by atoms with Gasteiger partial charge in [0.1, 0.15) is 5.75 Å². The number of aliphatic carboxylic acids is 1. The van der Waals surface area contributed by atoms with Crippen molar-refractivity contribution in [3.8, 4) is 11.4 Å². The van der Waals surface area contributed by atoms with Gasteiger partial charge in [-0.25, -0.2) is 4.68 Å². The summed E-state index contributed by atoms with van der Waals surface area (Å²) in [6.45, 7) is 0. The average molecular weight is 248 g/mol. The van der Waals surface area contributed by atoms with Crippen molar-refractivity contribution < 1.29 is 14.6 Å². The van der Waals surface area contributed by atoms with E-state index in [-0.39, 0.29) is 17.5 Å². The zero-order valence-corrected chi connectivity index (χ0v) is 9.71. The molecule has 0 aliphatic heterocycles. The van der Waals surface area contributed by atoms with Gasteiger partial charge in [-0.15, -0.1) is 0 Å². The number of rotatable bonds is 4. The minimum absolute atomic E-state index is 0.221. The second kappa shape index (κ2) is 4.79. The number of ether oxygens (including phenoxy) is 1. The van der Waals surface area contributed by atoms with Gasteiger partial charge in [0.05, 0.1) is 19.2 Å². The average Bonchev–Trinajstić information content (AvgIpc) is 2.71. The summed E-state index contributed by atoms with van der Waals surface area (Å²) in [5.41, 5.74) is 0.485. The number of aromatic nitrogens is 2. The SMILES string of the molecule is COc1ccc(-n2[nH]cc(CC(=O)O)c2=O)cc1. The van der Waals surface area contributed by atoms with Gasteiger partial charge in [0, 0.05) is 11.8 Å². The number of carboxylic acid groups (broad SMARTS) is 1. The first-order valence-corrected chi connectivity index (χ1v) is 5.27. The van der Waals surface area contributed by atoms with Gasteiger partial charge in [0.25, 0.3) is 5.56 Å². The molecule has 1 aromatic heterocycles. The van der Waals surface area contributed by atoms with E-state index in [2.05, 4.69) is 5.10 Å². The Morgan fingerprint density at radius 1 is 1.39 bits per heavy atom. The Bertz CT molecular complexity index is 610. The van der Waals surface area contributed by atoms with E-state index in [4.69, 9.17) is 9.84 Å². The molecule has 0 saturated heterocycles. The molecule has 0 atom stereocenters. The highest BCUT2D eigenvalue weighted by molar-refractivity contribution is 5.69. The van der Waals surface area contributed by atoms with Crippen LogP contribution in [0.2, 0.25) is 0 Å². The lowest BCUT2D eigenvalue weighted by molar-refractivity contribution is -0.136. The highest BCUT2D eigenvalue weighted by atomic mass is 16.5. The topological polar surface area (TPSA) is 84.3 Å². The number of carboxylic acids is 1. The molecule has 0 saturated carbocycles. The molecule has 2 rings (SSSR count). The third-order valence-corrected chi connectivity index (χ3v) is 2.52. The van der Waals surface area contributed by atoms with Gasteiger partial charge in [-0.3, -0.25) is 14.7 Å². The van der Waals surface area contributed by atoms with Crippen molar-refractivity contribution in [3.63, 3.8) is 0 Å². The Kier molecular flexibility index (Phi) is 3.18. The van der Waals surface area contributed by atoms with Crippen molar-refractivity contribution in [2.45, 2.75) is 6.42 Å². The molecule has 6 nitrogen and oxygen atoms in total. The fourth-order valence-corrected chi connectivity index (χ4v) is 1.62. The number of nitrogens with one attached hydrogen (secondary N) is 1. The predicted octanol–water partition coefficient (Wildman–Crippen LogP) is 0.801. The number of methoxy groups -OCH3 is 1. The first kappa shape index (κ1) is 12.0. The molecule has 6 heteroatoms. The first-order chi connectivity index (χ1) is 8.61. The fourth-order valence-electron chi connectivity index (χ4n) is 1.62. The van der Waals surface area contributed by atoms with Crippen LogP contribution >= 0.6 is 0 Å². The minimum Gasteiger partial charge on any atom is -0.497 e. The van der Waals surface area contributed by atoms with E-state index in [0.717, 1.165) is 0 Å². The molecule has 1 aromatic carbocycles. The van der Waals surface area contributed by atoms with Gasteiger partial charge in [-0.1, -0.05) is 0 Å². The molecule has 0 spiro atoms. The lowest BCUT2D eigenvalue weighted by Gasteiger charge is -2.03. The van der Waals surface area contributed by atoms with Crippen molar-refractivity contribution in [3.05, 3.63) is 46.4 Å². The van der Waals surface area contributed by atoms with E-state index >= 15 is 0 Å². The van der Waals surface area contributed by atoms with Crippen LogP contribution in [-0.4, -0.2) is 28.0 Å². The van der Waals surface area contributed by atoms with Crippen molar-refractivity contribution in [2.24, 2.45) is 0 Å². The first-order valence-electron chi connectivity index (χ1n) is 5.27. The van der Waals surface area contributed by atoms with E-state index in [1.807, 2.05) is 0 Å². The van der Waals surface area contributed by atoms with Crippen LogP contribution in [0.5, 0.6) is 5.75 Å². The van der Waals surface area contributed by atoms with Crippen molar-refractivity contribution in [1.29, 1.82) is 0 Å². The van der Waals surface area contributed by atoms with Crippen LogP contribution in [-0.2, 0) is 11.2 Å². The Hall–Kier alpha value is -2.50. The third-order valence-electron chi connectivity index (χ3n) is 2.52. The molecule has 1 heterocycles. The zero-order valence-electron chi connectivity index (χ0n) is 9.71. The zero-order chi connectivity index (χ0) is 13.1. The van der Waals surface area contributed by atoms with E-state index in [1.54, 1.807) is 31.4 Å². The highest BCUT2D eigenvalue weighted by Gasteiger charge is 2.10. The minimum atomic E-state index is -1.03. The van der Waals surface area contributed by atoms with E-state index < -0.39 is 5.97 Å². The van der Waals surface area contributed by atoms with Crippen LogP contribution in [0.15, 0.2) is 35.3 Å². The van der Waals surface area contributed by atoms with E-state index in [1.165, 1.54) is 10.9 Å². The van der Waals surface area contributed by atoms with Crippen LogP contribution in [0, 0.1) is 0 Å². The normalized spacial score (nSPS) is 10.3. The van der Waals surface area contributed by atoms with Crippen LogP contribution in [0.25, 0.3) is 5.69 Å². The van der Waals surface area contributed by atoms with Gasteiger partial charge in [-0.2, -0.15) is 0 Å². The number of benzene rings is 1. The Balaban J connectivity index is 2.36. The van der Waals surface area contributed by atoms with E-state index in [9.17, 15) is 9.59 Å². The summed E-state index contributed by atoms with van der Waals surface area (Å²) in [5, 5.41) is 11.4. The van der Waals surface area contributed by atoms with Crippen molar-refractivity contribution >= 4 is 5.97 Å². The molecule has 0 aliphatic rings. The van der Waals surface area contributed by atoms with Crippen molar-refractivity contribution in [2.75, 3.05) is 7.11 Å². The third kappa shape index (κ3) is 2.27. The summed E-state index contributed by atoms with van der Waals surface area (Å²) in [4.78, 5) is 22.5. The highest BCUT2D eigenvalue weighted by Crippen LogP contribution is 2.13. The van der Waals surface area contributed by atoms with Gasteiger partial charge in [0.15, 0.2) is 0 Å². The molecule has 0 radical (unpaired) electrons. The molecule has 0 bridgehead atoms. The number of hydrogen-bond donors (Lipinski definition) is 2. The second-order valence-corrected chi connectivity index (χ2v) is 3.71. The molecular formula is C12H12N2O4. The van der Waals surface area contributed by atoms with Gasteiger partial charge < -0.3 is 9.84 Å². The van der Waals surface area contributed by atoms with Gasteiger partial charge in [-0.05, 0) is 24.3 Å². The number of hydrogen-bond acceptors (Lipinski definition) is 3. The summed E-state index contributed by atoms with van der Waals surface area (Å²) in [5.74, 6) is -0.350. The molecule has 0 unspecified atom stereocenters. The van der Waals surface area contributed by atoms with Crippen LogP contribution < -0.4 is 10.3 Å². The van der Waals surface area contributed by atoms with Crippen molar-refractivity contribution in [1.82, 2.24) is 9.78 Å². The monoisotopic (exact) mass is 248 g/mol. The number of nitrogens with zero attached hydrogens (tertiary/aromatic N) is 1. The molecule has 94 valence electrons. The maximum Gasteiger partial charge on any atom is 0.308 e. The standard InChI is InChI=1S/C12H12N2O4/c1-18-10-4-2-9(3-5-10)14-12(17)8(7-13-14)6-11(15)16/h2-5,7,13H,6H2,1H3,(H,15,16). The smallest absolute Gasteiger partial charge is 0.308 e. The lowest BCUT2D eigenvalue weighted by atomic mass is 10.2. The fraction of sp³-hybridized carbons (Fsp3) is 0.167. The summed E-state index contributed by atoms with van der Waals surface area (Å²) >= 11 is 0. The summed E-state index contributed by atoms with van der Waals surface area (Å²) < 4.78 is 6.31. The molecular weight excluding hydrogens is 236 g/mol. The van der Waals surface area contributed by atoms with Gasteiger partial charge in [0.2, 0.25) is 0 Å². The Labute approximate surface area is 102 Å². The van der Waals surface area contributed by atoms with E-state index in [0.29, 0.717) is 11.4 Å². The number of H-pyrrole nitrogens is 1. The molecule has 0 amide bonds. The Morgan fingerprint density at radius 3 is 2.61 bits per heavy atom. The van der Waals surface area contributed by atoms with Crippen LogP contribution in [0.3, 0.4) is 0 Å². The maximum atomic E-state index is 11.9. The maximum absolute atomic E-state index is 11.9. The Morgan fingerprint density at radius 2 is 2.06 bits per heavy atom.